The van der Waals surface area contributed by atoms with Gasteiger partial charge in [0.2, 0.25) is 5.91 Å². The molecule has 0 unspecified atom stereocenters. The fraction of sp³-hybridized carbons (Fsp3) is 0.462. The average molecular weight is 321 g/mol. The Morgan fingerprint density at radius 3 is 2.91 bits per heavy atom. The Kier molecular flexibility index (Phi) is 4.42. The molecule has 8 nitrogen and oxygen atoms in total. The molecule has 3 rings (SSSR count). The van der Waals surface area contributed by atoms with Crippen LogP contribution < -0.4 is 10.3 Å². The molecule has 0 spiro atoms. The number of carbonyl (C=O) groups is 1. The van der Waals surface area contributed by atoms with E-state index in [1.165, 1.54) is 28.3 Å². The Labute approximate surface area is 130 Å². The maximum Gasteiger partial charge on any atom is 0.294 e. The summed E-state index contributed by atoms with van der Waals surface area (Å²) in [5, 5.41) is 12.0. The topological polar surface area (TPSA) is 90.2 Å². The summed E-state index contributed by atoms with van der Waals surface area (Å²) in [5.74, 6) is -0.102. The van der Waals surface area contributed by atoms with Gasteiger partial charge in [-0.05, 0) is 6.07 Å². The van der Waals surface area contributed by atoms with Crippen molar-refractivity contribution in [3.63, 3.8) is 0 Å². The quantitative estimate of drug-likeness (QED) is 0.797. The van der Waals surface area contributed by atoms with Crippen LogP contribution >= 0.6 is 11.3 Å². The van der Waals surface area contributed by atoms with E-state index in [0.717, 1.165) is 12.8 Å². The van der Waals surface area contributed by atoms with Crippen molar-refractivity contribution in [1.29, 1.82) is 0 Å². The van der Waals surface area contributed by atoms with E-state index in [1.54, 1.807) is 16.5 Å². The number of aromatic nitrogens is 4. The van der Waals surface area contributed by atoms with E-state index in [4.69, 9.17) is 4.74 Å². The van der Waals surface area contributed by atoms with Crippen LogP contribution in [0.4, 0.5) is 0 Å². The van der Waals surface area contributed by atoms with Gasteiger partial charge in [0, 0.05) is 38.2 Å². The first-order chi connectivity index (χ1) is 10.7. The first-order valence-electron chi connectivity index (χ1n) is 6.95. The lowest BCUT2D eigenvalue weighted by atomic mass is 10.1. The van der Waals surface area contributed by atoms with Crippen LogP contribution in [0, 0.1) is 0 Å². The van der Waals surface area contributed by atoms with Crippen molar-refractivity contribution in [3.8, 4) is 5.19 Å². The van der Waals surface area contributed by atoms with Crippen molar-refractivity contribution in [2.75, 3.05) is 13.1 Å². The zero-order valence-electron chi connectivity index (χ0n) is 11.8. The van der Waals surface area contributed by atoms with Crippen LogP contribution in [0.2, 0.25) is 0 Å². The Hall–Kier alpha value is -2.29. The molecule has 3 heterocycles. The standard InChI is InChI=1S/C13H15N5O3S/c19-11-2-1-5-15-18(11)8-12(20)17-6-3-10(4-7-17)21-13-16-14-9-22-13/h1-2,5,9-10H,3-4,6-8H2. The molecule has 2 aromatic rings. The molecular weight excluding hydrogens is 306 g/mol. The number of carbonyl (C=O) groups excluding carboxylic acids is 1. The minimum atomic E-state index is -0.273. The zero-order valence-corrected chi connectivity index (χ0v) is 12.6. The second-order valence-electron chi connectivity index (χ2n) is 4.92. The van der Waals surface area contributed by atoms with E-state index in [-0.39, 0.29) is 24.1 Å². The number of likely N-dealkylation sites (tertiary alicyclic amines) is 1. The molecule has 0 aliphatic carbocycles. The van der Waals surface area contributed by atoms with Gasteiger partial charge in [0.1, 0.15) is 18.2 Å². The van der Waals surface area contributed by atoms with Gasteiger partial charge < -0.3 is 9.64 Å². The van der Waals surface area contributed by atoms with Crippen LogP contribution in [0.15, 0.2) is 28.6 Å². The predicted octanol–water partition coefficient (Wildman–Crippen LogP) is 0.165. The molecule has 0 N–H and O–H groups in total. The molecular formula is C13H15N5O3S. The van der Waals surface area contributed by atoms with Gasteiger partial charge >= 0.3 is 0 Å². The summed E-state index contributed by atoms with van der Waals surface area (Å²) in [6, 6.07) is 2.95. The van der Waals surface area contributed by atoms with Crippen molar-refractivity contribution in [2.45, 2.75) is 25.5 Å². The number of nitrogens with zero attached hydrogens (tertiary/aromatic N) is 5. The Bertz CT molecular complexity index is 679. The highest BCUT2D eigenvalue weighted by Crippen LogP contribution is 2.19. The molecule has 0 saturated carbocycles. The Morgan fingerprint density at radius 1 is 1.41 bits per heavy atom. The number of piperidine rings is 1. The van der Waals surface area contributed by atoms with E-state index in [2.05, 4.69) is 15.3 Å². The van der Waals surface area contributed by atoms with Gasteiger partial charge in [-0.2, -0.15) is 5.10 Å². The molecule has 2 aromatic heterocycles. The minimum Gasteiger partial charge on any atom is -0.465 e. The van der Waals surface area contributed by atoms with E-state index in [9.17, 15) is 9.59 Å². The molecule has 116 valence electrons. The van der Waals surface area contributed by atoms with Crippen LogP contribution in [0.1, 0.15) is 12.8 Å². The third kappa shape index (κ3) is 3.48. The number of ether oxygens (including phenoxy) is 1. The van der Waals surface area contributed by atoms with Gasteiger partial charge in [-0.3, -0.25) is 9.59 Å². The fourth-order valence-corrected chi connectivity index (χ4v) is 2.78. The second-order valence-corrected chi connectivity index (χ2v) is 5.72. The summed E-state index contributed by atoms with van der Waals surface area (Å²) in [5.41, 5.74) is 1.35. The lowest BCUT2D eigenvalue weighted by Gasteiger charge is -2.31. The number of amides is 1. The minimum absolute atomic E-state index is 0.0262. The molecule has 0 atom stereocenters. The highest BCUT2D eigenvalue weighted by Gasteiger charge is 2.24. The molecule has 1 fully saturated rings. The van der Waals surface area contributed by atoms with Gasteiger partial charge in [0.05, 0.1) is 0 Å². The maximum atomic E-state index is 12.2. The average Bonchev–Trinajstić information content (AvgIpc) is 3.03. The summed E-state index contributed by atoms with van der Waals surface area (Å²) in [7, 11) is 0. The lowest BCUT2D eigenvalue weighted by molar-refractivity contribution is -0.133. The monoisotopic (exact) mass is 321 g/mol. The molecule has 22 heavy (non-hydrogen) atoms. The van der Waals surface area contributed by atoms with Crippen molar-refractivity contribution in [3.05, 3.63) is 34.2 Å². The van der Waals surface area contributed by atoms with Crippen molar-refractivity contribution < 1.29 is 9.53 Å². The van der Waals surface area contributed by atoms with Crippen LogP contribution in [0.25, 0.3) is 0 Å². The summed E-state index contributed by atoms with van der Waals surface area (Å²) >= 11 is 1.36. The Balaban J connectivity index is 1.51. The summed E-state index contributed by atoms with van der Waals surface area (Å²) < 4.78 is 6.87. The first-order valence-corrected chi connectivity index (χ1v) is 7.83. The van der Waals surface area contributed by atoms with Gasteiger partial charge in [-0.25, -0.2) is 4.68 Å². The molecule has 9 heteroatoms. The number of hydrogen-bond donors (Lipinski definition) is 0. The van der Waals surface area contributed by atoms with Crippen molar-refractivity contribution in [2.24, 2.45) is 0 Å². The first kappa shape index (κ1) is 14.6. The van der Waals surface area contributed by atoms with Crippen LogP contribution in [-0.2, 0) is 11.3 Å². The number of rotatable bonds is 4. The van der Waals surface area contributed by atoms with Gasteiger partial charge in [-0.1, -0.05) is 11.3 Å². The molecule has 0 bridgehead atoms. The van der Waals surface area contributed by atoms with Crippen LogP contribution in [-0.4, -0.2) is 50.0 Å². The van der Waals surface area contributed by atoms with Gasteiger partial charge in [0.15, 0.2) is 0 Å². The largest absolute Gasteiger partial charge is 0.465 e. The Morgan fingerprint density at radius 2 is 2.23 bits per heavy atom. The second kappa shape index (κ2) is 6.65. The molecule has 0 radical (unpaired) electrons. The smallest absolute Gasteiger partial charge is 0.294 e. The molecule has 1 saturated heterocycles. The van der Waals surface area contributed by atoms with Gasteiger partial charge in [-0.15, -0.1) is 10.2 Å². The maximum absolute atomic E-state index is 12.2. The van der Waals surface area contributed by atoms with E-state index >= 15 is 0 Å². The third-order valence-corrected chi connectivity index (χ3v) is 4.05. The summed E-state index contributed by atoms with van der Waals surface area (Å²) in [6.45, 7) is 1.18. The van der Waals surface area contributed by atoms with Crippen molar-refractivity contribution in [1.82, 2.24) is 24.9 Å². The fourth-order valence-electron chi connectivity index (χ4n) is 2.31. The highest BCUT2D eigenvalue weighted by atomic mass is 32.1. The van der Waals surface area contributed by atoms with Crippen LogP contribution in [0.3, 0.4) is 0 Å². The van der Waals surface area contributed by atoms with E-state index < -0.39 is 0 Å². The normalized spacial score (nSPS) is 15.7. The van der Waals surface area contributed by atoms with Crippen LogP contribution in [0.5, 0.6) is 5.19 Å². The van der Waals surface area contributed by atoms with E-state index in [0.29, 0.717) is 18.3 Å². The summed E-state index contributed by atoms with van der Waals surface area (Å²) in [6.07, 6.45) is 3.02. The van der Waals surface area contributed by atoms with Crippen molar-refractivity contribution >= 4 is 17.2 Å². The molecule has 1 aliphatic rings. The molecule has 0 aromatic carbocycles. The summed E-state index contributed by atoms with van der Waals surface area (Å²) in [4.78, 5) is 25.5. The van der Waals surface area contributed by atoms with Gasteiger partial charge in [0.25, 0.3) is 10.8 Å². The molecule has 1 amide bonds. The molecule has 1 aliphatic heterocycles. The number of hydrogen-bond acceptors (Lipinski definition) is 7. The zero-order chi connectivity index (χ0) is 15.4. The lowest BCUT2D eigenvalue weighted by Crippen LogP contribution is -2.44. The third-order valence-electron chi connectivity index (χ3n) is 3.47. The predicted molar refractivity (Wildman–Crippen MR) is 78.6 cm³/mol. The van der Waals surface area contributed by atoms with E-state index in [1.807, 2.05) is 0 Å². The SMILES string of the molecule is O=C(Cn1ncccc1=O)N1CCC(Oc2nncs2)CC1. The highest BCUT2D eigenvalue weighted by molar-refractivity contribution is 7.11.